The average Bonchev–Trinajstić information content (AvgIpc) is 2.88. The van der Waals surface area contributed by atoms with Gasteiger partial charge in [-0.05, 0) is 19.1 Å². The molecule has 1 aromatic carbocycles. The number of nitrogens with one attached hydrogen (secondary N) is 1. The molecule has 2 heterocycles. The molecular formula is C14H13ClFN5. The summed E-state index contributed by atoms with van der Waals surface area (Å²) in [6, 6.07) is 4.64. The van der Waals surface area contributed by atoms with E-state index in [0.717, 1.165) is 6.54 Å². The Kier molecular flexibility index (Phi) is 3.70. The van der Waals surface area contributed by atoms with Gasteiger partial charge in [0.25, 0.3) is 0 Å². The number of hydrogen-bond acceptors (Lipinski definition) is 4. The predicted octanol–water partition coefficient (Wildman–Crippen LogP) is 3.10. The van der Waals surface area contributed by atoms with Crippen molar-refractivity contribution in [2.75, 3.05) is 11.9 Å². The van der Waals surface area contributed by atoms with Gasteiger partial charge in [-0.3, -0.25) is 0 Å². The third-order valence-corrected chi connectivity index (χ3v) is 3.49. The van der Waals surface area contributed by atoms with E-state index in [9.17, 15) is 4.39 Å². The van der Waals surface area contributed by atoms with Gasteiger partial charge in [-0.1, -0.05) is 17.7 Å². The van der Waals surface area contributed by atoms with Gasteiger partial charge in [0.1, 0.15) is 17.7 Å². The highest BCUT2D eigenvalue weighted by molar-refractivity contribution is 6.31. The van der Waals surface area contributed by atoms with Crippen LogP contribution in [0.25, 0.3) is 11.2 Å². The first-order valence-corrected chi connectivity index (χ1v) is 6.91. The van der Waals surface area contributed by atoms with Gasteiger partial charge in [0.05, 0.1) is 12.9 Å². The largest absolute Gasteiger partial charge is 0.368 e. The van der Waals surface area contributed by atoms with Crippen LogP contribution < -0.4 is 5.32 Å². The molecule has 0 atom stereocenters. The van der Waals surface area contributed by atoms with Gasteiger partial charge in [0, 0.05) is 17.1 Å². The Morgan fingerprint density at radius 1 is 1.29 bits per heavy atom. The monoisotopic (exact) mass is 305 g/mol. The Morgan fingerprint density at radius 2 is 2.14 bits per heavy atom. The van der Waals surface area contributed by atoms with E-state index < -0.39 is 0 Å². The molecule has 0 saturated heterocycles. The predicted molar refractivity (Wildman–Crippen MR) is 80.0 cm³/mol. The molecular weight excluding hydrogens is 293 g/mol. The van der Waals surface area contributed by atoms with Crippen LogP contribution in [0.1, 0.15) is 12.5 Å². The van der Waals surface area contributed by atoms with Crippen LogP contribution in [0, 0.1) is 5.82 Å². The number of hydrogen-bond donors (Lipinski definition) is 1. The van der Waals surface area contributed by atoms with Crippen molar-refractivity contribution in [2.24, 2.45) is 0 Å². The van der Waals surface area contributed by atoms with Gasteiger partial charge >= 0.3 is 0 Å². The van der Waals surface area contributed by atoms with Crippen molar-refractivity contribution in [1.29, 1.82) is 0 Å². The molecule has 0 unspecified atom stereocenters. The number of nitrogens with zero attached hydrogens (tertiary/aromatic N) is 4. The van der Waals surface area contributed by atoms with Crippen molar-refractivity contribution in [3.8, 4) is 0 Å². The lowest BCUT2D eigenvalue weighted by atomic mass is 10.2. The highest BCUT2D eigenvalue weighted by Gasteiger charge is 2.13. The molecule has 108 valence electrons. The lowest BCUT2D eigenvalue weighted by molar-refractivity contribution is 0.601. The second kappa shape index (κ2) is 5.65. The summed E-state index contributed by atoms with van der Waals surface area (Å²) in [4.78, 5) is 12.7. The summed E-state index contributed by atoms with van der Waals surface area (Å²) in [5.41, 5.74) is 1.72. The van der Waals surface area contributed by atoms with Gasteiger partial charge in [-0.2, -0.15) is 0 Å². The summed E-state index contributed by atoms with van der Waals surface area (Å²) < 4.78 is 15.6. The van der Waals surface area contributed by atoms with Gasteiger partial charge in [0.15, 0.2) is 11.5 Å². The number of anilines is 1. The maximum absolute atomic E-state index is 13.9. The molecule has 0 aliphatic rings. The summed E-state index contributed by atoms with van der Waals surface area (Å²) in [5, 5.41) is 3.51. The van der Waals surface area contributed by atoms with Gasteiger partial charge in [0.2, 0.25) is 0 Å². The van der Waals surface area contributed by atoms with Gasteiger partial charge in [-0.15, -0.1) is 0 Å². The van der Waals surface area contributed by atoms with Crippen LogP contribution in [0.4, 0.5) is 10.2 Å². The summed E-state index contributed by atoms with van der Waals surface area (Å²) in [7, 11) is 0. The highest BCUT2D eigenvalue weighted by atomic mass is 35.5. The Balaban J connectivity index is 2.04. The van der Waals surface area contributed by atoms with E-state index in [2.05, 4.69) is 20.3 Å². The van der Waals surface area contributed by atoms with Crippen LogP contribution in [-0.4, -0.2) is 26.1 Å². The average molecular weight is 306 g/mol. The summed E-state index contributed by atoms with van der Waals surface area (Å²) >= 11 is 6.06. The van der Waals surface area contributed by atoms with E-state index in [1.165, 1.54) is 12.4 Å². The number of fused-ring (bicyclic) bond motifs is 1. The smallest absolute Gasteiger partial charge is 0.165 e. The van der Waals surface area contributed by atoms with E-state index in [-0.39, 0.29) is 12.4 Å². The number of imidazole rings is 1. The van der Waals surface area contributed by atoms with E-state index in [1.54, 1.807) is 23.0 Å². The Morgan fingerprint density at radius 3 is 2.90 bits per heavy atom. The fourth-order valence-corrected chi connectivity index (χ4v) is 2.37. The number of rotatable bonds is 4. The quantitative estimate of drug-likeness (QED) is 0.805. The third kappa shape index (κ3) is 2.54. The molecule has 0 fully saturated rings. The van der Waals surface area contributed by atoms with Crippen LogP contribution in [0.3, 0.4) is 0 Å². The van der Waals surface area contributed by atoms with E-state index in [1.807, 2.05) is 6.92 Å². The minimum absolute atomic E-state index is 0.268. The molecule has 3 aromatic rings. The maximum Gasteiger partial charge on any atom is 0.165 e. The molecule has 0 radical (unpaired) electrons. The molecule has 0 amide bonds. The minimum atomic E-state index is -0.342. The second-order valence-electron chi connectivity index (χ2n) is 4.50. The van der Waals surface area contributed by atoms with E-state index in [0.29, 0.717) is 27.6 Å². The first kappa shape index (κ1) is 13.8. The van der Waals surface area contributed by atoms with Crippen molar-refractivity contribution in [2.45, 2.75) is 13.5 Å². The van der Waals surface area contributed by atoms with Gasteiger partial charge in [-0.25, -0.2) is 19.3 Å². The van der Waals surface area contributed by atoms with Crippen LogP contribution in [0.5, 0.6) is 0 Å². The highest BCUT2D eigenvalue weighted by Crippen LogP contribution is 2.23. The normalized spacial score (nSPS) is 11.0. The van der Waals surface area contributed by atoms with Crippen molar-refractivity contribution < 1.29 is 4.39 Å². The number of benzene rings is 1. The molecule has 2 aromatic heterocycles. The zero-order chi connectivity index (χ0) is 14.8. The van der Waals surface area contributed by atoms with Crippen LogP contribution in [0.15, 0.2) is 30.9 Å². The fourth-order valence-electron chi connectivity index (χ4n) is 2.15. The van der Waals surface area contributed by atoms with Crippen LogP contribution in [0.2, 0.25) is 5.02 Å². The third-order valence-electron chi connectivity index (χ3n) is 3.14. The summed E-state index contributed by atoms with van der Waals surface area (Å²) in [5.74, 6) is 0.325. The molecule has 21 heavy (non-hydrogen) atoms. The zero-order valence-corrected chi connectivity index (χ0v) is 12.1. The maximum atomic E-state index is 13.9. The first-order chi connectivity index (χ1) is 10.2. The summed E-state index contributed by atoms with van der Waals surface area (Å²) in [6.07, 6.45) is 3.07. The molecule has 3 rings (SSSR count). The first-order valence-electron chi connectivity index (χ1n) is 6.53. The standard InChI is InChI=1S/C14H13ClFN5/c1-2-17-13-12-14(19-7-18-13)21(8-20-12)6-9-10(15)4-3-5-11(9)16/h3-5,7-8H,2,6H2,1H3,(H,17,18,19). The van der Waals surface area contributed by atoms with Crippen molar-refractivity contribution in [3.05, 3.63) is 47.3 Å². The second-order valence-corrected chi connectivity index (χ2v) is 4.90. The van der Waals surface area contributed by atoms with Crippen molar-refractivity contribution in [3.63, 3.8) is 0 Å². The number of aromatic nitrogens is 4. The van der Waals surface area contributed by atoms with Crippen LogP contribution in [-0.2, 0) is 6.54 Å². The van der Waals surface area contributed by atoms with Crippen molar-refractivity contribution >= 4 is 28.6 Å². The molecule has 7 heteroatoms. The molecule has 0 spiro atoms. The fraction of sp³-hybridized carbons (Fsp3) is 0.214. The Hall–Kier alpha value is -2.21. The topological polar surface area (TPSA) is 55.6 Å². The number of halogens is 2. The van der Waals surface area contributed by atoms with E-state index in [4.69, 9.17) is 11.6 Å². The SMILES string of the molecule is CCNc1ncnc2c1ncn2Cc1c(F)cccc1Cl. The molecule has 0 aliphatic heterocycles. The van der Waals surface area contributed by atoms with Gasteiger partial charge < -0.3 is 9.88 Å². The molecule has 1 N–H and O–H groups in total. The lowest BCUT2D eigenvalue weighted by Crippen LogP contribution is -2.04. The molecule has 0 saturated carbocycles. The molecule has 5 nitrogen and oxygen atoms in total. The zero-order valence-electron chi connectivity index (χ0n) is 11.3. The van der Waals surface area contributed by atoms with Crippen molar-refractivity contribution in [1.82, 2.24) is 19.5 Å². The minimum Gasteiger partial charge on any atom is -0.368 e. The van der Waals surface area contributed by atoms with Crippen LogP contribution >= 0.6 is 11.6 Å². The molecule has 0 bridgehead atoms. The Labute approximate surface area is 125 Å². The molecule has 0 aliphatic carbocycles. The Bertz CT molecular complexity index is 766. The lowest BCUT2D eigenvalue weighted by Gasteiger charge is -2.08. The van der Waals surface area contributed by atoms with E-state index >= 15 is 0 Å². The summed E-state index contributed by atoms with van der Waals surface area (Å²) in [6.45, 7) is 2.98.